The Morgan fingerprint density at radius 1 is 1.58 bits per heavy atom. The SMILES string of the molecule is COCC(CO)NC(=O)c1ccc2c(c1)CCCN2. The molecule has 0 saturated carbocycles. The molecule has 0 spiro atoms. The zero-order chi connectivity index (χ0) is 13.7. The minimum absolute atomic E-state index is 0.133. The molecule has 1 atom stereocenters. The molecule has 5 nitrogen and oxygen atoms in total. The second kappa shape index (κ2) is 6.54. The van der Waals surface area contributed by atoms with E-state index in [0.29, 0.717) is 12.2 Å². The first kappa shape index (κ1) is 13.8. The Morgan fingerprint density at radius 3 is 3.16 bits per heavy atom. The summed E-state index contributed by atoms with van der Waals surface area (Å²) in [7, 11) is 1.54. The van der Waals surface area contributed by atoms with Crippen LogP contribution in [0.5, 0.6) is 0 Å². The topological polar surface area (TPSA) is 70.6 Å². The van der Waals surface area contributed by atoms with Gasteiger partial charge in [0.25, 0.3) is 5.91 Å². The van der Waals surface area contributed by atoms with E-state index in [1.807, 2.05) is 12.1 Å². The third kappa shape index (κ3) is 3.45. The molecule has 104 valence electrons. The number of rotatable bonds is 5. The van der Waals surface area contributed by atoms with E-state index < -0.39 is 0 Å². The fraction of sp³-hybridized carbons (Fsp3) is 0.500. The lowest BCUT2D eigenvalue weighted by Gasteiger charge is -2.19. The fourth-order valence-electron chi connectivity index (χ4n) is 2.23. The molecule has 1 heterocycles. The van der Waals surface area contributed by atoms with Crippen molar-refractivity contribution in [2.75, 3.05) is 32.2 Å². The zero-order valence-electron chi connectivity index (χ0n) is 11.1. The molecule has 1 aliphatic rings. The van der Waals surface area contributed by atoms with Gasteiger partial charge in [0.15, 0.2) is 0 Å². The summed E-state index contributed by atoms with van der Waals surface area (Å²) in [5.74, 6) is -0.176. The third-order valence-corrected chi connectivity index (χ3v) is 3.23. The van der Waals surface area contributed by atoms with Crippen LogP contribution in [0.2, 0.25) is 0 Å². The predicted molar refractivity (Wildman–Crippen MR) is 73.5 cm³/mol. The molecule has 1 unspecified atom stereocenters. The summed E-state index contributed by atoms with van der Waals surface area (Å²) in [6, 6.07) is 5.28. The number of fused-ring (bicyclic) bond motifs is 1. The molecule has 0 aliphatic carbocycles. The molecule has 2 rings (SSSR count). The van der Waals surface area contributed by atoms with Crippen LogP contribution in [0.1, 0.15) is 22.3 Å². The number of nitrogens with one attached hydrogen (secondary N) is 2. The lowest BCUT2D eigenvalue weighted by Crippen LogP contribution is -2.40. The van der Waals surface area contributed by atoms with Crippen molar-refractivity contribution < 1.29 is 14.6 Å². The molecule has 0 saturated heterocycles. The summed E-state index contributed by atoms with van der Waals surface area (Å²) in [4.78, 5) is 12.1. The lowest BCUT2D eigenvalue weighted by molar-refractivity contribution is 0.0839. The lowest BCUT2D eigenvalue weighted by atomic mass is 10.0. The van der Waals surface area contributed by atoms with Gasteiger partial charge in [-0.1, -0.05) is 0 Å². The summed E-state index contributed by atoms with van der Waals surface area (Å²) in [5, 5.41) is 15.2. The highest BCUT2D eigenvalue weighted by Gasteiger charge is 2.15. The maximum Gasteiger partial charge on any atom is 0.251 e. The van der Waals surface area contributed by atoms with Crippen molar-refractivity contribution in [1.82, 2.24) is 5.32 Å². The van der Waals surface area contributed by atoms with E-state index in [2.05, 4.69) is 10.6 Å². The summed E-state index contributed by atoms with van der Waals surface area (Å²) in [6.07, 6.45) is 2.08. The van der Waals surface area contributed by atoms with E-state index in [0.717, 1.165) is 25.1 Å². The predicted octanol–water partition coefficient (Wildman–Crippen LogP) is 0.782. The van der Waals surface area contributed by atoms with Crippen molar-refractivity contribution in [2.24, 2.45) is 0 Å². The second-order valence-electron chi connectivity index (χ2n) is 4.71. The number of carbonyl (C=O) groups is 1. The van der Waals surface area contributed by atoms with Crippen LogP contribution in [-0.2, 0) is 11.2 Å². The largest absolute Gasteiger partial charge is 0.394 e. The van der Waals surface area contributed by atoms with Gasteiger partial charge in [-0.2, -0.15) is 0 Å². The number of benzene rings is 1. The molecule has 19 heavy (non-hydrogen) atoms. The Hall–Kier alpha value is -1.59. The average Bonchev–Trinajstić information content (AvgIpc) is 2.46. The van der Waals surface area contributed by atoms with Crippen molar-refractivity contribution >= 4 is 11.6 Å². The molecule has 0 bridgehead atoms. The highest BCUT2D eigenvalue weighted by atomic mass is 16.5. The first-order chi connectivity index (χ1) is 9.24. The van der Waals surface area contributed by atoms with Gasteiger partial charge in [-0.3, -0.25) is 4.79 Å². The minimum atomic E-state index is -0.369. The van der Waals surface area contributed by atoms with Gasteiger partial charge in [0.1, 0.15) is 0 Å². The number of amides is 1. The van der Waals surface area contributed by atoms with Gasteiger partial charge >= 0.3 is 0 Å². The van der Waals surface area contributed by atoms with E-state index in [4.69, 9.17) is 9.84 Å². The number of aliphatic hydroxyl groups is 1. The molecular formula is C14H20N2O3. The monoisotopic (exact) mass is 264 g/mol. The molecule has 0 aromatic heterocycles. The summed E-state index contributed by atoms with van der Waals surface area (Å²) < 4.78 is 4.94. The Bertz CT molecular complexity index is 448. The number of carbonyl (C=O) groups excluding carboxylic acids is 1. The van der Waals surface area contributed by atoms with Crippen LogP contribution in [0.15, 0.2) is 18.2 Å². The van der Waals surface area contributed by atoms with E-state index in [-0.39, 0.29) is 18.6 Å². The van der Waals surface area contributed by atoms with Gasteiger partial charge < -0.3 is 20.5 Å². The van der Waals surface area contributed by atoms with Crippen molar-refractivity contribution in [2.45, 2.75) is 18.9 Å². The molecule has 1 aromatic rings. The van der Waals surface area contributed by atoms with Crippen LogP contribution in [-0.4, -0.2) is 43.9 Å². The van der Waals surface area contributed by atoms with Crippen molar-refractivity contribution in [3.05, 3.63) is 29.3 Å². The van der Waals surface area contributed by atoms with Gasteiger partial charge in [-0.05, 0) is 36.6 Å². The van der Waals surface area contributed by atoms with Crippen molar-refractivity contribution in [1.29, 1.82) is 0 Å². The smallest absolute Gasteiger partial charge is 0.251 e. The van der Waals surface area contributed by atoms with Crippen molar-refractivity contribution in [3.8, 4) is 0 Å². The van der Waals surface area contributed by atoms with Gasteiger partial charge in [0.2, 0.25) is 0 Å². The Kier molecular flexibility index (Phi) is 4.76. The standard InChI is InChI=1S/C14H20N2O3/c1-19-9-12(8-17)16-14(18)11-4-5-13-10(7-11)3-2-6-15-13/h4-5,7,12,15,17H,2-3,6,8-9H2,1H3,(H,16,18). The molecule has 0 radical (unpaired) electrons. The van der Waals surface area contributed by atoms with E-state index in [9.17, 15) is 4.79 Å². The normalized spacial score (nSPS) is 15.3. The second-order valence-corrected chi connectivity index (χ2v) is 4.71. The van der Waals surface area contributed by atoms with Gasteiger partial charge in [-0.15, -0.1) is 0 Å². The number of aliphatic hydroxyl groups excluding tert-OH is 1. The summed E-state index contributed by atoms with van der Waals surface area (Å²) in [6.45, 7) is 1.15. The van der Waals surface area contributed by atoms with E-state index >= 15 is 0 Å². The van der Waals surface area contributed by atoms with Gasteiger partial charge in [0, 0.05) is 24.9 Å². The molecule has 5 heteroatoms. The van der Waals surface area contributed by atoms with Crippen LogP contribution in [0.4, 0.5) is 5.69 Å². The fourth-order valence-corrected chi connectivity index (χ4v) is 2.23. The first-order valence-corrected chi connectivity index (χ1v) is 6.52. The zero-order valence-corrected chi connectivity index (χ0v) is 11.1. The first-order valence-electron chi connectivity index (χ1n) is 6.52. The Morgan fingerprint density at radius 2 is 2.42 bits per heavy atom. The summed E-state index contributed by atoms with van der Waals surface area (Å²) in [5.41, 5.74) is 2.90. The van der Waals surface area contributed by atoms with Gasteiger partial charge in [0.05, 0.1) is 19.3 Å². The molecular weight excluding hydrogens is 244 g/mol. The quantitative estimate of drug-likeness (QED) is 0.735. The highest BCUT2D eigenvalue weighted by molar-refractivity contribution is 5.95. The minimum Gasteiger partial charge on any atom is -0.394 e. The number of hydrogen-bond acceptors (Lipinski definition) is 4. The molecule has 1 aromatic carbocycles. The third-order valence-electron chi connectivity index (χ3n) is 3.23. The summed E-state index contributed by atoms with van der Waals surface area (Å²) >= 11 is 0. The van der Waals surface area contributed by atoms with E-state index in [1.54, 1.807) is 13.2 Å². The van der Waals surface area contributed by atoms with Gasteiger partial charge in [-0.25, -0.2) is 0 Å². The number of aryl methyl sites for hydroxylation is 1. The molecule has 1 amide bonds. The molecule has 3 N–H and O–H groups in total. The average molecular weight is 264 g/mol. The maximum atomic E-state index is 12.1. The Balaban J connectivity index is 2.06. The number of anilines is 1. The van der Waals surface area contributed by atoms with Crippen LogP contribution >= 0.6 is 0 Å². The molecule has 0 fully saturated rings. The van der Waals surface area contributed by atoms with Crippen LogP contribution < -0.4 is 10.6 Å². The molecule has 1 aliphatic heterocycles. The number of ether oxygens (including phenoxy) is 1. The Labute approximate surface area is 113 Å². The number of methoxy groups -OCH3 is 1. The van der Waals surface area contributed by atoms with Crippen molar-refractivity contribution in [3.63, 3.8) is 0 Å². The van der Waals surface area contributed by atoms with Crippen LogP contribution in [0.3, 0.4) is 0 Å². The maximum absolute atomic E-state index is 12.1. The van der Waals surface area contributed by atoms with E-state index in [1.165, 1.54) is 5.56 Å². The van der Waals surface area contributed by atoms with Crippen LogP contribution in [0.25, 0.3) is 0 Å². The van der Waals surface area contributed by atoms with Crippen LogP contribution in [0, 0.1) is 0 Å². The number of hydrogen-bond donors (Lipinski definition) is 3. The highest BCUT2D eigenvalue weighted by Crippen LogP contribution is 2.22.